The average molecular weight is 517 g/mol. The number of rotatable bonds is 6. The molecule has 0 aliphatic carbocycles. The third-order valence-electron chi connectivity index (χ3n) is 5.79. The number of carbonyl (C=O) groups is 1. The molecule has 1 aliphatic rings. The molecule has 1 saturated heterocycles. The lowest BCUT2D eigenvalue weighted by Gasteiger charge is -2.41. The summed E-state index contributed by atoms with van der Waals surface area (Å²) in [6.45, 7) is 5.85. The average Bonchev–Trinajstić information content (AvgIpc) is 2.75. The number of benzene rings is 2. The third-order valence-corrected chi connectivity index (χ3v) is 5.79. The summed E-state index contributed by atoms with van der Waals surface area (Å²) in [6, 6.07) is 10.3. The first-order chi connectivity index (χ1) is 16.6. The number of likely N-dealkylation sites (tertiary alicyclic amines) is 1. The fourth-order valence-corrected chi connectivity index (χ4v) is 4.40. The van der Waals surface area contributed by atoms with Crippen LogP contribution in [-0.4, -0.2) is 35.5 Å². The van der Waals surface area contributed by atoms with Gasteiger partial charge in [-0.15, -0.1) is 0 Å². The van der Waals surface area contributed by atoms with E-state index >= 15 is 0 Å². The number of alkyl halides is 6. The predicted octanol–water partition coefficient (Wildman–Crippen LogP) is 6.36. The van der Waals surface area contributed by atoms with E-state index in [1.54, 1.807) is 0 Å². The molecule has 0 unspecified atom stereocenters. The van der Waals surface area contributed by atoms with Crippen molar-refractivity contribution in [1.29, 1.82) is 0 Å². The highest BCUT2D eigenvalue weighted by Crippen LogP contribution is 2.38. The van der Waals surface area contributed by atoms with Crippen molar-refractivity contribution in [3.8, 4) is 0 Å². The maximum atomic E-state index is 13.3. The number of ether oxygens (including phenoxy) is 1. The van der Waals surface area contributed by atoms with Crippen LogP contribution in [-0.2, 0) is 28.5 Å². The van der Waals surface area contributed by atoms with Gasteiger partial charge >= 0.3 is 12.4 Å². The van der Waals surface area contributed by atoms with Crippen LogP contribution in [0.3, 0.4) is 0 Å². The Morgan fingerprint density at radius 3 is 2.08 bits per heavy atom. The second-order valence-electron chi connectivity index (χ2n) is 10.0. The second-order valence-corrected chi connectivity index (χ2v) is 10.0. The van der Waals surface area contributed by atoms with Crippen molar-refractivity contribution in [3.63, 3.8) is 0 Å². The first-order valence-electron chi connectivity index (χ1n) is 11.6. The van der Waals surface area contributed by atoms with Gasteiger partial charge in [0.05, 0.1) is 36.4 Å². The minimum absolute atomic E-state index is 0.0818. The minimum atomic E-state index is -4.93. The van der Waals surface area contributed by atoms with Gasteiger partial charge in [-0.2, -0.15) is 26.3 Å². The summed E-state index contributed by atoms with van der Waals surface area (Å²) in [5.41, 5.74) is -2.54. The normalized spacial score (nSPS) is 19.8. The quantitative estimate of drug-likeness (QED) is 0.455. The summed E-state index contributed by atoms with van der Waals surface area (Å²) in [6.07, 6.45) is -9.18. The van der Waals surface area contributed by atoms with Gasteiger partial charge in [0, 0.05) is 5.54 Å². The van der Waals surface area contributed by atoms with E-state index in [9.17, 15) is 31.1 Å². The largest absolute Gasteiger partial charge is 0.416 e. The smallest absolute Gasteiger partial charge is 0.372 e. The summed E-state index contributed by atoms with van der Waals surface area (Å²) in [5, 5.41) is 2.92. The van der Waals surface area contributed by atoms with E-state index in [0.717, 1.165) is 5.56 Å². The van der Waals surface area contributed by atoms with E-state index in [1.807, 2.05) is 56.0 Å². The summed E-state index contributed by atoms with van der Waals surface area (Å²) >= 11 is 0. The highest BCUT2D eigenvalue weighted by Gasteiger charge is 2.38. The van der Waals surface area contributed by atoms with Crippen molar-refractivity contribution >= 4 is 5.91 Å². The zero-order chi connectivity index (χ0) is 26.7. The fourth-order valence-electron chi connectivity index (χ4n) is 4.40. The zero-order valence-corrected chi connectivity index (χ0v) is 20.3. The lowest BCUT2D eigenvalue weighted by molar-refractivity contribution is -0.143. The van der Waals surface area contributed by atoms with E-state index in [0.29, 0.717) is 31.5 Å². The number of halogens is 6. The monoisotopic (exact) mass is 516 g/mol. The maximum absolute atomic E-state index is 13.3. The topological polar surface area (TPSA) is 41.6 Å². The molecule has 4 nitrogen and oxygen atoms in total. The lowest BCUT2D eigenvalue weighted by atomic mass is 9.92. The Hall–Kier alpha value is -2.59. The van der Waals surface area contributed by atoms with E-state index in [1.165, 1.54) is 0 Å². The van der Waals surface area contributed by atoms with Gasteiger partial charge in [0.25, 0.3) is 0 Å². The molecule has 0 spiro atoms. The number of hydrogen-bond donors (Lipinski definition) is 1. The molecule has 1 fully saturated rings. The van der Waals surface area contributed by atoms with Crippen LogP contribution in [0, 0.1) is 0 Å². The Labute approximate surface area is 206 Å². The Morgan fingerprint density at radius 2 is 1.56 bits per heavy atom. The first kappa shape index (κ1) is 28.0. The van der Waals surface area contributed by atoms with E-state index in [4.69, 9.17) is 4.74 Å². The van der Waals surface area contributed by atoms with E-state index < -0.39 is 47.8 Å². The van der Waals surface area contributed by atoms with Crippen LogP contribution in [0.1, 0.15) is 61.9 Å². The lowest BCUT2D eigenvalue weighted by Crippen LogP contribution is -2.50. The summed E-state index contributed by atoms with van der Waals surface area (Å²) in [7, 11) is 0. The van der Waals surface area contributed by atoms with Crippen LogP contribution in [0.25, 0.3) is 0 Å². The molecule has 198 valence electrons. The number of nitrogens with one attached hydrogen (secondary N) is 1. The molecule has 1 amide bonds. The van der Waals surface area contributed by atoms with Gasteiger partial charge in [-0.05, 0) is 69.5 Å². The molecule has 0 radical (unpaired) electrons. The molecule has 0 bridgehead atoms. The van der Waals surface area contributed by atoms with Crippen LogP contribution >= 0.6 is 0 Å². The van der Waals surface area contributed by atoms with Gasteiger partial charge in [-0.25, -0.2) is 0 Å². The van der Waals surface area contributed by atoms with Gasteiger partial charge in [-0.3, -0.25) is 9.69 Å². The number of nitrogens with zero attached hydrogens (tertiary/aromatic N) is 1. The fraction of sp³-hybridized carbons (Fsp3) is 0.500. The Bertz CT molecular complexity index is 999. The molecule has 0 saturated carbocycles. The summed E-state index contributed by atoms with van der Waals surface area (Å²) in [5.74, 6) is -0.184. The molecular formula is C26H30F6N2O2. The van der Waals surface area contributed by atoms with Crippen molar-refractivity contribution in [2.45, 2.75) is 70.3 Å². The van der Waals surface area contributed by atoms with Gasteiger partial charge < -0.3 is 10.1 Å². The van der Waals surface area contributed by atoms with Gasteiger partial charge in [0.2, 0.25) is 5.91 Å². The minimum Gasteiger partial charge on any atom is -0.372 e. The van der Waals surface area contributed by atoms with Crippen molar-refractivity contribution in [3.05, 3.63) is 70.8 Å². The third kappa shape index (κ3) is 7.70. The van der Waals surface area contributed by atoms with Crippen molar-refractivity contribution in [1.82, 2.24) is 10.2 Å². The maximum Gasteiger partial charge on any atom is 0.416 e. The van der Waals surface area contributed by atoms with E-state index in [-0.39, 0.29) is 24.1 Å². The van der Waals surface area contributed by atoms with E-state index in [2.05, 4.69) is 5.32 Å². The molecule has 1 aliphatic heterocycles. The van der Waals surface area contributed by atoms with Crippen molar-refractivity contribution in [2.75, 3.05) is 13.1 Å². The number of hydrogen-bond acceptors (Lipinski definition) is 3. The van der Waals surface area contributed by atoms with Gasteiger partial charge in [0.1, 0.15) is 0 Å². The molecule has 2 aromatic rings. The molecule has 0 aromatic heterocycles. The highest BCUT2D eigenvalue weighted by atomic mass is 19.4. The molecule has 1 N–H and O–H groups in total. The number of carbonyl (C=O) groups excluding carboxylic acids is 1. The Kier molecular flexibility index (Phi) is 8.40. The summed E-state index contributed by atoms with van der Waals surface area (Å²) in [4.78, 5) is 14.6. The highest BCUT2D eigenvalue weighted by molar-refractivity contribution is 5.78. The van der Waals surface area contributed by atoms with Gasteiger partial charge in [-0.1, -0.05) is 30.3 Å². The molecule has 2 atom stereocenters. The number of piperidine rings is 1. The van der Waals surface area contributed by atoms with Crippen molar-refractivity contribution in [2.24, 2.45) is 0 Å². The molecule has 1 heterocycles. The van der Waals surface area contributed by atoms with Crippen molar-refractivity contribution < 1.29 is 35.9 Å². The second kappa shape index (κ2) is 10.8. The molecule has 2 aromatic carbocycles. The Morgan fingerprint density at radius 1 is 0.972 bits per heavy atom. The molecule has 10 heteroatoms. The van der Waals surface area contributed by atoms with Crippen LogP contribution < -0.4 is 5.32 Å². The molecule has 36 heavy (non-hydrogen) atoms. The standard InChI is InChI=1S/C26H30F6N2O2/c1-24(2,3)33-22(35)15-34-11-7-10-21(23(34)18-8-5-4-6-9-18)36-16-17-12-19(25(27,28)29)14-20(13-17)26(30,31)32/h4-6,8-9,12-14,21,23H,7,10-11,15-16H2,1-3H3,(H,33,35)/t21-,23-/m0/s1. The molecular weight excluding hydrogens is 486 g/mol. The molecule has 3 rings (SSSR count). The predicted molar refractivity (Wildman–Crippen MR) is 123 cm³/mol. The summed E-state index contributed by atoms with van der Waals surface area (Å²) < 4.78 is 85.5. The van der Waals surface area contributed by atoms with Crippen LogP contribution in [0.4, 0.5) is 26.3 Å². The van der Waals surface area contributed by atoms with Crippen LogP contribution in [0.5, 0.6) is 0 Å². The van der Waals surface area contributed by atoms with Crippen LogP contribution in [0.15, 0.2) is 48.5 Å². The first-order valence-corrected chi connectivity index (χ1v) is 11.6. The van der Waals surface area contributed by atoms with Crippen LogP contribution in [0.2, 0.25) is 0 Å². The SMILES string of the molecule is CC(C)(C)NC(=O)CN1CCC[C@H](OCc2cc(C(F)(F)F)cc(C(F)(F)F)c2)[C@@H]1c1ccccc1. The van der Waals surface area contributed by atoms with Gasteiger partial charge in [0.15, 0.2) is 0 Å². The Balaban J connectivity index is 1.86. The number of amides is 1. The zero-order valence-electron chi connectivity index (χ0n) is 20.3.